The smallest absolute Gasteiger partial charge is 0.0874 e. The van der Waals surface area contributed by atoms with E-state index in [0.717, 1.165) is 32.5 Å². The first-order chi connectivity index (χ1) is 10.3. The quantitative estimate of drug-likeness (QED) is 0.458. The second kappa shape index (κ2) is 9.50. The van der Waals surface area contributed by atoms with Crippen LogP contribution in [0.1, 0.15) is 90.4 Å². The van der Waals surface area contributed by atoms with Gasteiger partial charge in [-0.1, -0.05) is 32.6 Å². The van der Waals surface area contributed by atoms with Crippen LogP contribution in [-0.2, 0) is 9.47 Å². The van der Waals surface area contributed by atoms with E-state index in [4.69, 9.17) is 9.47 Å². The fourth-order valence-corrected chi connectivity index (χ4v) is 3.69. The summed E-state index contributed by atoms with van der Waals surface area (Å²) in [6.07, 6.45) is 18.6. The number of ether oxygens (including phenoxy) is 2. The van der Waals surface area contributed by atoms with E-state index in [2.05, 4.69) is 13.2 Å². The number of hydrogen-bond donors (Lipinski definition) is 0. The molecule has 122 valence electrons. The summed E-state index contributed by atoms with van der Waals surface area (Å²) < 4.78 is 12.0. The van der Waals surface area contributed by atoms with Crippen molar-refractivity contribution in [2.75, 3.05) is 13.2 Å². The largest absolute Gasteiger partial charge is 0.501 e. The lowest BCUT2D eigenvalue weighted by atomic mass is 9.87. The van der Waals surface area contributed by atoms with Gasteiger partial charge in [0.05, 0.1) is 18.5 Å². The lowest BCUT2D eigenvalue weighted by Crippen LogP contribution is -2.33. The maximum atomic E-state index is 6.25. The molecule has 1 aliphatic carbocycles. The summed E-state index contributed by atoms with van der Waals surface area (Å²) in [6.45, 7) is 4.10. The zero-order chi connectivity index (χ0) is 14.8. The second-order valence-corrected chi connectivity index (χ2v) is 6.86. The van der Waals surface area contributed by atoms with Gasteiger partial charge in [0.1, 0.15) is 0 Å². The lowest BCUT2D eigenvalue weighted by Gasteiger charge is -2.35. The Kier molecular flexibility index (Phi) is 7.63. The minimum Gasteiger partial charge on any atom is -0.501 e. The Morgan fingerprint density at radius 3 is 2.62 bits per heavy atom. The van der Waals surface area contributed by atoms with Crippen molar-refractivity contribution in [1.29, 1.82) is 0 Å². The summed E-state index contributed by atoms with van der Waals surface area (Å²) in [5.74, 6) is 0. The SMILES string of the molecule is CCC1(CCCOC=C2CCCCC2)CCCCCCO1. The third-order valence-electron chi connectivity index (χ3n) is 5.22. The first kappa shape index (κ1) is 16.9. The van der Waals surface area contributed by atoms with Gasteiger partial charge in [-0.25, -0.2) is 0 Å². The Balaban J connectivity index is 1.67. The van der Waals surface area contributed by atoms with Gasteiger partial charge in [-0.3, -0.25) is 0 Å². The van der Waals surface area contributed by atoms with E-state index in [0.29, 0.717) is 0 Å². The Morgan fingerprint density at radius 1 is 1.05 bits per heavy atom. The number of rotatable bonds is 6. The number of allylic oxidation sites excluding steroid dienone is 1. The van der Waals surface area contributed by atoms with Gasteiger partial charge in [0, 0.05) is 6.61 Å². The summed E-state index contributed by atoms with van der Waals surface area (Å²) in [6, 6.07) is 0. The highest BCUT2D eigenvalue weighted by Crippen LogP contribution is 2.31. The van der Waals surface area contributed by atoms with Crippen molar-refractivity contribution in [2.24, 2.45) is 0 Å². The van der Waals surface area contributed by atoms with Crippen molar-refractivity contribution >= 4 is 0 Å². The third kappa shape index (κ3) is 6.02. The monoisotopic (exact) mass is 294 g/mol. The summed E-state index contributed by atoms with van der Waals surface area (Å²) in [7, 11) is 0. The van der Waals surface area contributed by atoms with Crippen LogP contribution < -0.4 is 0 Å². The van der Waals surface area contributed by atoms with Crippen LogP contribution in [-0.4, -0.2) is 18.8 Å². The van der Waals surface area contributed by atoms with Gasteiger partial charge in [-0.05, 0) is 63.4 Å². The summed E-state index contributed by atoms with van der Waals surface area (Å²) in [4.78, 5) is 0. The molecule has 0 aromatic carbocycles. The van der Waals surface area contributed by atoms with Gasteiger partial charge in [-0.2, -0.15) is 0 Å². The van der Waals surface area contributed by atoms with E-state index >= 15 is 0 Å². The van der Waals surface area contributed by atoms with Crippen molar-refractivity contribution in [3.05, 3.63) is 11.8 Å². The van der Waals surface area contributed by atoms with Crippen LogP contribution in [0.25, 0.3) is 0 Å². The Labute approximate surface area is 131 Å². The normalized spacial score (nSPS) is 27.8. The molecule has 0 spiro atoms. The van der Waals surface area contributed by atoms with E-state index in [1.165, 1.54) is 69.8 Å². The fraction of sp³-hybridized carbons (Fsp3) is 0.895. The maximum Gasteiger partial charge on any atom is 0.0874 e. The van der Waals surface area contributed by atoms with E-state index < -0.39 is 0 Å². The maximum absolute atomic E-state index is 6.25. The van der Waals surface area contributed by atoms with Crippen molar-refractivity contribution in [3.8, 4) is 0 Å². The molecule has 2 fully saturated rings. The van der Waals surface area contributed by atoms with Crippen LogP contribution in [0, 0.1) is 0 Å². The molecule has 1 saturated heterocycles. The van der Waals surface area contributed by atoms with Gasteiger partial charge >= 0.3 is 0 Å². The van der Waals surface area contributed by atoms with Gasteiger partial charge in [0.15, 0.2) is 0 Å². The first-order valence-corrected chi connectivity index (χ1v) is 9.28. The summed E-state index contributed by atoms with van der Waals surface area (Å²) in [5.41, 5.74) is 1.66. The van der Waals surface area contributed by atoms with Crippen molar-refractivity contribution < 1.29 is 9.47 Å². The molecule has 2 nitrogen and oxygen atoms in total. The minimum atomic E-state index is 0.141. The Hall–Kier alpha value is -0.500. The van der Waals surface area contributed by atoms with Crippen LogP contribution in [0.15, 0.2) is 11.8 Å². The second-order valence-electron chi connectivity index (χ2n) is 6.86. The zero-order valence-corrected chi connectivity index (χ0v) is 14.0. The van der Waals surface area contributed by atoms with Crippen LogP contribution in [0.2, 0.25) is 0 Å². The van der Waals surface area contributed by atoms with Crippen molar-refractivity contribution in [2.45, 2.75) is 96.0 Å². The van der Waals surface area contributed by atoms with E-state index in [1.54, 1.807) is 0 Å². The Bertz CT molecular complexity index is 293. The van der Waals surface area contributed by atoms with Crippen LogP contribution in [0.4, 0.5) is 0 Å². The van der Waals surface area contributed by atoms with Crippen molar-refractivity contribution in [1.82, 2.24) is 0 Å². The van der Waals surface area contributed by atoms with Crippen LogP contribution in [0.5, 0.6) is 0 Å². The fourth-order valence-electron chi connectivity index (χ4n) is 3.69. The molecule has 2 aliphatic rings. The highest BCUT2D eigenvalue weighted by Gasteiger charge is 2.28. The molecule has 1 unspecified atom stereocenters. The molecule has 1 atom stereocenters. The Morgan fingerprint density at radius 2 is 1.81 bits per heavy atom. The predicted octanol–water partition coefficient (Wildman–Crippen LogP) is 5.76. The van der Waals surface area contributed by atoms with E-state index in [1.807, 2.05) is 0 Å². The van der Waals surface area contributed by atoms with Gasteiger partial charge < -0.3 is 9.47 Å². The topological polar surface area (TPSA) is 18.5 Å². The molecule has 0 N–H and O–H groups in total. The molecule has 1 aliphatic heterocycles. The molecule has 0 aromatic heterocycles. The third-order valence-corrected chi connectivity index (χ3v) is 5.22. The minimum absolute atomic E-state index is 0.141. The van der Waals surface area contributed by atoms with E-state index in [9.17, 15) is 0 Å². The van der Waals surface area contributed by atoms with Crippen LogP contribution in [0.3, 0.4) is 0 Å². The van der Waals surface area contributed by atoms with Gasteiger partial charge in [0.25, 0.3) is 0 Å². The van der Waals surface area contributed by atoms with Crippen molar-refractivity contribution in [3.63, 3.8) is 0 Å². The highest BCUT2D eigenvalue weighted by molar-refractivity contribution is 5.00. The molecule has 1 heterocycles. The molecule has 0 radical (unpaired) electrons. The average molecular weight is 294 g/mol. The predicted molar refractivity (Wildman–Crippen MR) is 88.4 cm³/mol. The number of hydrogen-bond acceptors (Lipinski definition) is 2. The standard InChI is InChI=1S/C19H34O2/c1-2-19(13-8-3-4-9-16-21-19)14-10-15-20-17-18-11-6-5-7-12-18/h17H,2-16H2,1H3. The van der Waals surface area contributed by atoms with E-state index in [-0.39, 0.29) is 5.60 Å². The van der Waals surface area contributed by atoms with Gasteiger partial charge in [0.2, 0.25) is 0 Å². The molecule has 1 saturated carbocycles. The summed E-state index contributed by atoms with van der Waals surface area (Å²) >= 11 is 0. The molecule has 2 heteroatoms. The molecule has 0 aromatic rings. The highest BCUT2D eigenvalue weighted by atomic mass is 16.5. The first-order valence-electron chi connectivity index (χ1n) is 9.28. The molecular formula is C19H34O2. The zero-order valence-electron chi connectivity index (χ0n) is 14.0. The molecule has 21 heavy (non-hydrogen) atoms. The average Bonchev–Trinajstić information content (AvgIpc) is 2.50. The molecular weight excluding hydrogens is 260 g/mol. The van der Waals surface area contributed by atoms with Gasteiger partial charge in [-0.15, -0.1) is 0 Å². The van der Waals surface area contributed by atoms with Crippen LogP contribution >= 0.6 is 0 Å². The molecule has 0 bridgehead atoms. The lowest BCUT2D eigenvalue weighted by molar-refractivity contribution is -0.0717. The summed E-state index contributed by atoms with van der Waals surface area (Å²) in [5, 5.41) is 0. The molecule has 0 amide bonds. The molecule has 2 rings (SSSR count).